The van der Waals surface area contributed by atoms with Crippen LogP contribution in [0.1, 0.15) is 23.2 Å². The highest BCUT2D eigenvalue weighted by Gasteiger charge is 2.30. The summed E-state index contributed by atoms with van der Waals surface area (Å²) in [6, 6.07) is 2.80. The molecule has 20 heavy (non-hydrogen) atoms. The molecule has 0 spiro atoms. The van der Waals surface area contributed by atoms with Gasteiger partial charge in [0.1, 0.15) is 5.82 Å². The molecule has 7 heteroatoms. The first-order chi connectivity index (χ1) is 9.49. The minimum Gasteiger partial charge on any atom is -0.478 e. The summed E-state index contributed by atoms with van der Waals surface area (Å²) in [6.07, 6.45) is 1.61. The van der Waals surface area contributed by atoms with Crippen LogP contribution in [0.5, 0.6) is 0 Å². The summed E-state index contributed by atoms with van der Waals surface area (Å²) in [5.41, 5.74) is -0.231. The summed E-state index contributed by atoms with van der Waals surface area (Å²) in [5.74, 6) is -2.01. The fraction of sp³-hybridized carbons (Fsp3) is 0.385. The second-order valence-corrected chi connectivity index (χ2v) is 4.62. The Morgan fingerprint density at radius 1 is 1.40 bits per heavy atom. The van der Waals surface area contributed by atoms with Crippen molar-refractivity contribution in [2.45, 2.75) is 25.0 Å². The van der Waals surface area contributed by atoms with Crippen molar-refractivity contribution in [2.24, 2.45) is 0 Å². The first-order valence-corrected chi connectivity index (χ1v) is 6.12. The smallest absolute Gasteiger partial charge is 0.335 e. The van der Waals surface area contributed by atoms with Crippen LogP contribution in [0.15, 0.2) is 18.2 Å². The zero-order chi connectivity index (χ0) is 14.7. The molecule has 0 atom stereocenters. The molecule has 1 aliphatic rings. The van der Waals surface area contributed by atoms with Gasteiger partial charge >= 0.3 is 12.0 Å². The molecule has 0 aliphatic heterocycles. The van der Waals surface area contributed by atoms with Crippen LogP contribution in [-0.2, 0) is 4.74 Å². The lowest BCUT2D eigenvalue weighted by Crippen LogP contribution is -2.48. The molecule has 3 N–H and O–H groups in total. The summed E-state index contributed by atoms with van der Waals surface area (Å²) < 4.78 is 18.7. The number of carbonyl (C=O) groups is 2. The third kappa shape index (κ3) is 3.24. The molecule has 0 unspecified atom stereocenters. The summed E-state index contributed by atoms with van der Waals surface area (Å²) in [6.45, 7) is 0. The van der Waals surface area contributed by atoms with Gasteiger partial charge in [-0.2, -0.15) is 0 Å². The highest BCUT2D eigenvalue weighted by Crippen LogP contribution is 2.22. The molecule has 1 aromatic rings. The van der Waals surface area contributed by atoms with E-state index in [1.54, 1.807) is 7.11 Å². The molecule has 0 aromatic heterocycles. The van der Waals surface area contributed by atoms with Gasteiger partial charge in [-0.3, -0.25) is 0 Å². The SMILES string of the molecule is COC1CC(NC(=O)Nc2ccc(C(=O)O)cc2F)C1. The number of hydrogen-bond acceptors (Lipinski definition) is 3. The Labute approximate surface area is 114 Å². The first-order valence-electron chi connectivity index (χ1n) is 6.12. The lowest BCUT2D eigenvalue weighted by molar-refractivity contribution is 0.0210. The van der Waals surface area contributed by atoms with Crippen LogP contribution in [0.2, 0.25) is 0 Å². The van der Waals surface area contributed by atoms with Crippen molar-refractivity contribution < 1.29 is 23.8 Å². The molecule has 1 fully saturated rings. The quantitative estimate of drug-likeness (QED) is 0.786. The predicted molar refractivity (Wildman–Crippen MR) is 69.3 cm³/mol. The maximum atomic E-state index is 13.6. The standard InChI is InChI=1S/C13H15FN2O4/c1-20-9-5-8(6-9)15-13(19)16-11-3-2-7(12(17)18)4-10(11)14/h2-4,8-9H,5-6H2,1H3,(H,17,18)(H2,15,16,19). The largest absolute Gasteiger partial charge is 0.478 e. The lowest BCUT2D eigenvalue weighted by Gasteiger charge is -2.34. The molecule has 0 bridgehead atoms. The Bertz CT molecular complexity index is 529. The van der Waals surface area contributed by atoms with E-state index in [9.17, 15) is 14.0 Å². The van der Waals surface area contributed by atoms with Gasteiger partial charge < -0.3 is 20.5 Å². The fourth-order valence-electron chi connectivity index (χ4n) is 1.97. The number of nitrogens with one attached hydrogen (secondary N) is 2. The number of carboxylic acids is 1. The molecule has 2 rings (SSSR count). The number of ether oxygens (including phenoxy) is 1. The number of carbonyl (C=O) groups excluding carboxylic acids is 1. The Kier molecular flexibility index (Phi) is 4.19. The van der Waals surface area contributed by atoms with E-state index in [4.69, 9.17) is 9.84 Å². The van der Waals surface area contributed by atoms with Crippen LogP contribution in [0.3, 0.4) is 0 Å². The summed E-state index contributed by atoms with van der Waals surface area (Å²) >= 11 is 0. The minimum absolute atomic E-state index is 0.0151. The molecule has 2 amide bonds. The van der Waals surface area contributed by atoms with Crippen molar-refractivity contribution >= 4 is 17.7 Å². The third-order valence-corrected chi connectivity index (χ3v) is 3.23. The Balaban J connectivity index is 1.90. The monoisotopic (exact) mass is 282 g/mol. The third-order valence-electron chi connectivity index (χ3n) is 3.23. The zero-order valence-corrected chi connectivity index (χ0v) is 10.9. The van der Waals surface area contributed by atoms with Crippen molar-refractivity contribution in [2.75, 3.05) is 12.4 Å². The number of anilines is 1. The van der Waals surface area contributed by atoms with Gasteiger partial charge in [-0.15, -0.1) is 0 Å². The van der Waals surface area contributed by atoms with E-state index in [0.29, 0.717) is 0 Å². The first kappa shape index (κ1) is 14.3. The molecular weight excluding hydrogens is 267 g/mol. The highest BCUT2D eigenvalue weighted by atomic mass is 19.1. The molecule has 1 aliphatic carbocycles. The maximum Gasteiger partial charge on any atom is 0.335 e. The van der Waals surface area contributed by atoms with Crippen LogP contribution < -0.4 is 10.6 Å². The maximum absolute atomic E-state index is 13.6. The topological polar surface area (TPSA) is 87.7 Å². The zero-order valence-electron chi connectivity index (χ0n) is 10.9. The average Bonchev–Trinajstić information content (AvgIpc) is 2.35. The van der Waals surface area contributed by atoms with Crippen LogP contribution in [-0.4, -0.2) is 36.4 Å². The van der Waals surface area contributed by atoms with Gasteiger partial charge in [-0.05, 0) is 31.0 Å². The van der Waals surface area contributed by atoms with Gasteiger partial charge in [-0.1, -0.05) is 0 Å². The molecule has 1 saturated carbocycles. The van der Waals surface area contributed by atoms with E-state index in [1.165, 1.54) is 12.1 Å². The van der Waals surface area contributed by atoms with E-state index in [2.05, 4.69) is 10.6 Å². The van der Waals surface area contributed by atoms with E-state index in [1.807, 2.05) is 0 Å². The number of benzene rings is 1. The Morgan fingerprint density at radius 2 is 2.10 bits per heavy atom. The van der Waals surface area contributed by atoms with Crippen LogP contribution in [0, 0.1) is 5.82 Å². The highest BCUT2D eigenvalue weighted by molar-refractivity contribution is 5.91. The van der Waals surface area contributed by atoms with Crippen LogP contribution in [0.4, 0.5) is 14.9 Å². The molecule has 0 heterocycles. The minimum atomic E-state index is -1.22. The van der Waals surface area contributed by atoms with Gasteiger partial charge in [0.05, 0.1) is 17.4 Å². The summed E-state index contributed by atoms with van der Waals surface area (Å²) in [4.78, 5) is 22.3. The number of carboxylic acid groups (broad SMARTS) is 1. The Morgan fingerprint density at radius 3 is 2.65 bits per heavy atom. The summed E-state index contributed by atoms with van der Waals surface area (Å²) in [5, 5.41) is 13.7. The number of hydrogen-bond donors (Lipinski definition) is 3. The number of aromatic carboxylic acids is 1. The molecular formula is C13H15FN2O4. The molecule has 1 aromatic carbocycles. The number of urea groups is 1. The molecule has 0 radical (unpaired) electrons. The van der Waals surface area contributed by atoms with Gasteiger partial charge in [-0.25, -0.2) is 14.0 Å². The number of methoxy groups -OCH3 is 1. The number of rotatable bonds is 4. The van der Waals surface area contributed by atoms with Crippen LogP contribution >= 0.6 is 0 Å². The van der Waals surface area contributed by atoms with Crippen molar-refractivity contribution in [1.29, 1.82) is 0 Å². The van der Waals surface area contributed by atoms with E-state index < -0.39 is 17.8 Å². The van der Waals surface area contributed by atoms with Crippen molar-refractivity contribution in [3.8, 4) is 0 Å². The second kappa shape index (κ2) is 5.87. The second-order valence-electron chi connectivity index (χ2n) is 4.62. The van der Waals surface area contributed by atoms with Gasteiger partial charge in [0, 0.05) is 13.2 Å². The van der Waals surface area contributed by atoms with Crippen LogP contribution in [0.25, 0.3) is 0 Å². The van der Waals surface area contributed by atoms with E-state index >= 15 is 0 Å². The van der Waals surface area contributed by atoms with Gasteiger partial charge in [0.15, 0.2) is 0 Å². The Hall–Kier alpha value is -2.15. The van der Waals surface area contributed by atoms with Gasteiger partial charge in [0.2, 0.25) is 0 Å². The normalized spacial score (nSPS) is 20.9. The van der Waals surface area contributed by atoms with E-state index in [-0.39, 0.29) is 23.4 Å². The summed E-state index contributed by atoms with van der Waals surface area (Å²) in [7, 11) is 1.61. The molecule has 108 valence electrons. The van der Waals surface area contributed by atoms with E-state index in [0.717, 1.165) is 18.9 Å². The fourth-order valence-corrected chi connectivity index (χ4v) is 1.97. The molecule has 6 nitrogen and oxygen atoms in total. The predicted octanol–water partition coefficient (Wildman–Crippen LogP) is 1.82. The van der Waals surface area contributed by atoms with Gasteiger partial charge in [0.25, 0.3) is 0 Å². The van der Waals surface area contributed by atoms with Crippen molar-refractivity contribution in [1.82, 2.24) is 5.32 Å². The average molecular weight is 282 g/mol. The molecule has 0 saturated heterocycles. The van der Waals surface area contributed by atoms with Crippen molar-refractivity contribution in [3.05, 3.63) is 29.6 Å². The number of amides is 2. The number of halogens is 1. The lowest BCUT2D eigenvalue weighted by atomic mass is 9.89. The van der Waals surface area contributed by atoms with Crippen molar-refractivity contribution in [3.63, 3.8) is 0 Å².